The molecule has 4 heteroatoms. The molecule has 0 fully saturated rings. The molecule has 0 aliphatic carbocycles. The van der Waals surface area contributed by atoms with Gasteiger partial charge >= 0.3 is 0 Å². The van der Waals surface area contributed by atoms with Crippen molar-refractivity contribution >= 4 is 29.9 Å². The molecule has 0 bridgehead atoms. The first-order valence-corrected chi connectivity index (χ1v) is 6.34. The largest absolute Gasteiger partial charge is 0.356 e. The zero-order valence-corrected chi connectivity index (χ0v) is 13.4. The molecular weight excluding hydrogens is 337 g/mol. The van der Waals surface area contributed by atoms with Gasteiger partial charge < -0.3 is 10.6 Å². The van der Waals surface area contributed by atoms with E-state index < -0.39 is 0 Å². The van der Waals surface area contributed by atoms with Gasteiger partial charge in [0, 0.05) is 19.6 Å². The van der Waals surface area contributed by atoms with Crippen LogP contribution in [0.15, 0.2) is 29.3 Å². The minimum atomic E-state index is 0. The van der Waals surface area contributed by atoms with Crippen LogP contribution in [0.5, 0.6) is 0 Å². The Morgan fingerprint density at radius 3 is 2.67 bits per heavy atom. The van der Waals surface area contributed by atoms with Crippen molar-refractivity contribution < 1.29 is 0 Å². The van der Waals surface area contributed by atoms with Gasteiger partial charge in [-0.1, -0.05) is 36.8 Å². The highest BCUT2D eigenvalue weighted by molar-refractivity contribution is 14.0. The van der Waals surface area contributed by atoms with Crippen LogP contribution in [0.4, 0.5) is 0 Å². The summed E-state index contributed by atoms with van der Waals surface area (Å²) in [4.78, 5) is 4.40. The van der Waals surface area contributed by atoms with Crippen LogP contribution in [0.25, 0.3) is 0 Å². The van der Waals surface area contributed by atoms with Crippen LogP contribution >= 0.6 is 24.0 Å². The van der Waals surface area contributed by atoms with Gasteiger partial charge in [-0.05, 0) is 24.8 Å². The van der Waals surface area contributed by atoms with E-state index in [1.807, 2.05) is 0 Å². The van der Waals surface area contributed by atoms with Gasteiger partial charge in [0.05, 0.1) is 0 Å². The lowest BCUT2D eigenvalue weighted by molar-refractivity contribution is 0.665. The smallest absolute Gasteiger partial charge is 0.191 e. The molecule has 1 aliphatic rings. The van der Waals surface area contributed by atoms with E-state index in [-0.39, 0.29) is 24.0 Å². The number of aliphatic imine (C=N–C) groups is 1. The second-order valence-electron chi connectivity index (χ2n) is 4.70. The lowest BCUT2D eigenvalue weighted by atomic mass is 10.0. The maximum absolute atomic E-state index is 4.40. The Hall–Kier alpha value is -0.780. The van der Waals surface area contributed by atoms with Gasteiger partial charge in [-0.2, -0.15) is 0 Å². The molecule has 0 aromatic heterocycles. The van der Waals surface area contributed by atoms with Crippen molar-refractivity contribution in [3.63, 3.8) is 0 Å². The summed E-state index contributed by atoms with van der Waals surface area (Å²) in [6.45, 7) is 7.25. The van der Waals surface area contributed by atoms with Crippen LogP contribution in [0.2, 0.25) is 0 Å². The van der Waals surface area contributed by atoms with Crippen molar-refractivity contribution in [2.45, 2.75) is 26.2 Å². The normalized spacial score (nSPS) is 16.0. The first kappa shape index (κ1) is 15.3. The van der Waals surface area contributed by atoms with Crippen molar-refractivity contribution in [1.82, 2.24) is 10.6 Å². The number of hydrogen-bond donors (Lipinski definition) is 2. The molecule has 2 rings (SSSR count). The van der Waals surface area contributed by atoms with Crippen molar-refractivity contribution in [1.29, 1.82) is 0 Å². The van der Waals surface area contributed by atoms with Crippen molar-refractivity contribution in [2.75, 3.05) is 19.6 Å². The van der Waals surface area contributed by atoms with Crippen molar-refractivity contribution in [2.24, 2.45) is 4.99 Å². The van der Waals surface area contributed by atoms with Crippen LogP contribution < -0.4 is 10.6 Å². The van der Waals surface area contributed by atoms with Gasteiger partial charge in [-0.25, -0.2) is 0 Å². The first-order valence-electron chi connectivity index (χ1n) is 6.34. The van der Waals surface area contributed by atoms with E-state index in [2.05, 4.69) is 53.7 Å². The third kappa shape index (κ3) is 4.48. The number of nitrogens with zero attached hydrogens (tertiary/aromatic N) is 1. The maximum atomic E-state index is 4.40. The van der Waals surface area contributed by atoms with Gasteiger partial charge in [-0.15, -0.1) is 24.0 Å². The molecule has 100 valence electrons. The topological polar surface area (TPSA) is 36.4 Å². The molecule has 0 saturated heterocycles. The van der Waals surface area contributed by atoms with Crippen LogP contribution in [-0.4, -0.2) is 25.6 Å². The average Bonchev–Trinajstić information content (AvgIpc) is 2.38. The first-order chi connectivity index (χ1) is 8.25. The lowest BCUT2D eigenvalue weighted by Crippen LogP contribution is -2.42. The quantitative estimate of drug-likeness (QED) is 0.815. The van der Waals surface area contributed by atoms with Crippen molar-refractivity contribution in [3.05, 3.63) is 35.4 Å². The number of benzene rings is 1. The predicted octanol–water partition coefficient (Wildman–Crippen LogP) is 2.66. The van der Waals surface area contributed by atoms with E-state index in [0.717, 1.165) is 32.0 Å². The molecule has 1 atom stereocenters. The minimum absolute atomic E-state index is 0. The minimum Gasteiger partial charge on any atom is -0.356 e. The monoisotopic (exact) mass is 359 g/mol. The third-order valence-corrected chi connectivity index (χ3v) is 3.12. The van der Waals surface area contributed by atoms with Gasteiger partial charge in [0.2, 0.25) is 0 Å². The number of hydrogen-bond acceptors (Lipinski definition) is 3. The molecule has 1 heterocycles. The zero-order chi connectivity index (χ0) is 12.1. The Kier molecular flexibility index (Phi) is 6.46. The fourth-order valence-electron chi connectivity index (χ4n) is 1.91. The summed E-state index contributed by atoms with van der Waals surface area (Å²) >= 11 is 0. The highest BCUT2D eigenvalue weighted by Crippen LogP contribution is 2.14. The Bertz CT molecular complexity index is 387. The van der Waals surface area contributed by atoms with Crippen molar-refractivity contribution in [3.8, 4) is 0 Å². The summed E-state index contributed by atoms with van der Waals surface area (Å²) in [6.07, 6.45) is 1.14. The fraction of sp³-hybridized carbons (Fsp3) is 0.500. The predicted molar refractivity (Wildman–Crippen MR) is 87.9 cm³/mol. The van der Waals surface area contributed by atoms with E-state index in [1.54, 1.807) is 0 Å². The molecular formula is C14H22IN3. The Labute approximate surface area is 126 Å². The SMILES string of the molecule is Cc1ccc(C(C)CNC2=NCCCN2)cc1.I. The summed E-state index contributed by atoms with van der Waals surface area (Å²) < 4.78 is 0. The average molecular weight is 359 g/mol. The molecule has 1 aromatic carbocycles. The van der Waals surface area contributed by atoms with Crippen LogP contribution in [-0.2, 0) is 0 Å². The molecule has 0 spiro atoms. The standard InChI is InChI=1S/C14H21N3.HI/c1-11-4-6-13(7-5-11)12(2)10-17-14-15-8-3-9-16-14;/h4-7,12H,3,8-10H2,1-2H3,(H2,15,16,17);1H. The Morgan fingerprint density at radius 1 is 1.33 bits per heavy atom. The highest BCUT2D eigenvalue weighted by atomic mass is 127. The molecule has 18 heavy (non-hydrogen) atoms. The highest BCUT2D eigenvalue weighted by Gasteiger charge is 2.07. The molecule has 0 radical (unpaired) electrons. The number of guanidine groups is 1. The van der Waals surface area contributed by atoms with E-state index in [9.17, 15) is 0 Å². The van der Waals surface area contributed by atoms with E-state index in [4.69, 9.17) is 0 Å². The number of nitrogens with one attached hydrogen (secondary N) is 2. The lowest BCUT2D eigenvalue weighted by Gasteiger charge is -2.19. The summed E-state index contributed by atoms with van der Waals surface area (Å²) in [5.74, 6) is 1.46. The van der Waals surface area contributed by atoms with E-state index >= 15 is 0 Å². The molecule has 0 saturated carbocycles. The molecule has 1 aliphatic heterocycles. The molecule has 2 N–H and O–H groups in total. The summed E-state index contributed by atoms with van der Waals surface area (Å²) in [5.41, 5.74) is 2.69. The number of halogens is 1. The Balaban J connectivity index is 0.00000162. The van der Waals surface area contributed by atoms with Crippen LogP contribution in [0, 0.1) is 6.92 Å². The maximum Gasteiger partial charge on any atom is 0.191 e. The van der Waals surface area contributed by atoms with Crippen LogP contribution in [0.3, 0.4) is 0 Å². The summed E-state index contributed by atoms with van der Waals surface area (Å²) in [6, 6.07) is 8.75. The molecule has 0 amide bonds. The second-order valence-corrected chi connectivity index (χ2v) is 4.70. The Morgan fingerprint density at radius 2 is 2.06 bits per heavy atom. The van der Waals surface area contributed by atoms with E-state index in [1.165, 1.54) is 11.1 Å². The van der Waals surface area contributed by atoms with Crippen LogP contribution in [0.1, 0.15) is 30.4 Å². The third-order valence-electron chi connectivity index (χ3n) is 3.12. The van der Waals surface area contributed by atoms with Gasteiger partial charge in [-0.3, -0.25) is 4.99 Å². The fourth-order valence-corrected chi connectivity index (χ4v) is 1.91. The molecule has 3 nitrogen and oxygen atoms in total. The van der Waals surface area contributed by atoms with Gasteiger partial charge in [0.15, 0.2) is 5.96 Å². The number of rotatable bonds is 3. The molecule has 1 aromatic rings. The van der Waals surface area contributed by atoms with Gasteiger partial charge in [0.25, 0.3) is 0 Å². The van der Waals surface area contributed by atoms with Gasteiger partial charge in [0.1, 0.15) is 0 Å². The molecule has 1 unspecified atom stereocenters. The zero-order valence-electron chi connectivity index (χ0n) is 11.1. The van der Waals surface area contributed by atoms with E-state index in [0.29, 0.717) is 5.92 Å². The summed E-state index contributed by atoms with van der Waals surface area (Å²) in [7, 11) is 0. The summed E-state index contributed by atoms with van der Waals surface area (Å²) in [5, 5.41) is 6.65. The number of aryl methyl sites for hydroxylation is 1. The second kappa shape index (κ2) is 7.61.